The molecule has 0 unspecified atom stereocenters. The van der Waals surface area contributed by atoms with Crippen LogP contribution >= 0.6 is 0 Å². The fraction of sp³-hybridized carbons (Fsp3) is 0.238. The van der Waals surface area contributed by atoms with Crippen LogP contribution in [0.25, 0.3) is 11.0 Å². The van der Waals surface area contributed by atoms with Crippen LogP contribution in [-0.4, -0.2) is 30.5 Å². The van der Waals surface area contributed by atoms with E-state index >= 15 is 0 Å². The van der Waals surface area contributed by atoms with E-state index in [-0.39, 0.29) is 23.5 Å². The standard InChI is InChI=1S/C21H20N2O7/c1-12-4-6-16-14(10-30-21(16)13(12)2)8-20(25)29-11-19(24)22-17-7-5-15(23(26)27)9-18(17)28-3/h4-7,9-10H,8,11H2,1-3H3,(H,22,24). The van der Waals surface area contributed by atoms with Crippen molar-refractivity contribution in [2.24, 2.45) is 0 Å². The summed E-state index contributed by atoms with van der Waals surface area (Å²) < 4.78 is 15.7. The van der Waals surface area contributed by atoms with Gasteiger partial charge in [0.1, 0.15) is 11.3 Å². The van der Waals surface area contributed by atoms with Crippen LogP contribution < -0.4 is 10.1 Å². The number of nitrogens with one attached hydrogen (secondary N) is 1. The number of nitro benzene ring substituents is 1. The Kier molecular flexibility index (Phi) is 6.01. The number of methoxy groups -OCH3 is 1. The lowest BCUT2D eigenvalue weighted by Gasteiger charge is -2.10. The number of carbonyl (C=O) groups excluding carboxylic acids is 2. The van der Waals surface area contributed by atoms with Crippen molar-refractivity contribution in [2.75, 3.05) is 19.0 Å². The normalized spacial score (nSPS) is 10.6. The molecule has 1 heterocycles. The highest BCUT2D eigenvalue weighted by Crippen LogP contribution is 2.29. The van der Waals surface area contributed by atoms with Crippen LogP contribution in [-0.2, 0) is 20.7 Å². The number of amides is 1. The molecule has 156 valence electrons. The summed E-state index contributed by atoms with van der Waals surface area (Å²) in [6.45, 7) is 3.41. The number of carbonyl (C=O) groups is 2. The van der Waals surface area contributed by atoms with E-state index in [0.29, 0.717) is 5.56 Å². The smallest absolute Gasteiger partial charge is 0.310 e. The average molecular weight is 412 g/mol. The van der Waals surface area contributed by atoms with E-state index in [9.17, 15) is 19.7 Å². The Balaban J connectivity index is 1.60. The van der Waals surface area contributed by atoms with E-state index in [1.807, 2.05) is 26.0 Å². The number of hydrogen-bond acceptors (Lipinski definition) is 7. The van der Waals surface area contributed by atoms with Crippen molar-refractivity contribution in [1.29, 1.82) is 0 Å². The number of nitrogens with zero attached hydrogens (tertiary/aromatic N) is 1. The number of benzene rings is 2. The van der Waals surface area contributed by atoms with Crippen molar-refractivity contribution in [2.45, 2.75) is 20.3 Å². The molecule has 0 saturated carbocycles. The summed E-state index contributed by atoms with van der Waals surface area (Å²) in [5.41, 5.74) is 3.55. The van der Waals surface area contributed by atoms with Gasteiger partial charge in [0, 0.05) is 17.0 Å². The maximum atomic E-state index is 12.2. The van der Waals surface area contributed by atoms with Gasteiger partial charge >= 0.3 is 5.97 Å². The van der Waals surface area contributed by atoms with Gasteiger partial charge in [0.05, 0.1) is 36.5 Å². The van der Waals surface area contributed by atoms with E-state index in [4.69, 9.17) is 13.9 Å². The van der Waals surface area contributed by atoms with E-state index in [2.05, 4.69) is 5.32 Å². The van der Waals surface area contributed by atoms with Gasteiger partial charge in [-0.1, -0.05) is 12.1 Å². The number of nitro groups is 1. The summed E-state index contributed by atoms with van der Waals surface area (Å²) in [7, 11) is 1.33. The molecule has 0 bridgehead atoms. The second-order valence-electron chi connectivity index (χ2n) is 6.67. The molecule has 1 aromatic heterocycles. The molecule has 2 aromatic carbocycles. The zero-order valence-electron chi connectivity index (χ0n) is 16.7. The molecule has 0 spiro atoms. The van der Waals surface area contributed by atoms with E-state index < -0.39 is 23.4 Å². The van der Waals surface area contributed by atoms with Crippen molar-refractivity contribution in [3.8, 4) is 5.75 Å². The number of fused-ring (bicyclic) bond motifs is 1. The summed E-state index contributed by atoms with van der Waals surface area (Å²) >= 11 is 0. The quantitative estimate of drug-likeness (QED) is 0.357. The van der Waals surface area contributed by atoms with Crippen molar-refractivity contribution >= 4 is 34.2 Å². The van der Waals surface area contributed by atoms with Crippen molar-refractivity contribution in [3.63, 3.8) is 0 Å². The number of ether oxygens (including phenoxy) is 2. The van der Waals surface area contributed by atoms with Crippen molar-refractivity contribution in [1.82, 2.24) is 0 Å². The largest absolute Gasteiger partial charge is 0.494 e. The molecule has 0 fully saturated rings. The van der Waals surface area contributed by atoms with Crippen LogP contribution in [0.5, 0.6) is 5.75 Å². The first kappa shape index (κ1) is 20.8. The minimum Gasteiger partial charge on any atom is -0.494 e. The Labute approximate surface area is 171 Å². The lowest BCUT2D eigenvalue weighted by molar-refractivity contribution is -0.384. The zero-order valence-corrected chi connectivity index (χ0v) is 16.7. The van der Waals surface area contributed by atoms with Crippen LogP contribution in [0.15, 0.2) is 41.0 Å². The number of hydrogen-bond donors (Lipinski definition) is 1. The van der Waals surface area contributed by atoms with E-state index in [1.54, 1.807) is 0 Å². The predicted molar refractivity (Wildman–Crippen MR) is 109 cm³/mol. The molecule has 3 aromatic rings. The van der Waals surface area contributed by atoms with Gasteiger partial charge < -0.3 is 19.2 Å². The van der Waals surface area contributed by atoms with Gasteiger partial charge in [0.15, 0.2) is 6.61 Å². The molecular formula is C21H20N2O7. The Hall–Kier alpha value is -3.88. The molecule has 0 aliphatic rings. The number of anilines is 1. The summed E-state index contributed by atoms with van der Waals surface area (Å²) in [6, 6.07) is 7.61. The van der Waals surface area contributed by atoms with Gasteiger partial charge in [0.25, 0.3) is 11.6 Å². The first-order chi connectivity index (χ1) is 14.3. The molecular weight excluding hydrogens is 392 g/mol. The van der Waals surface area contributed by atoms with Crippen LogP contribution in [0.1, 0.15) is 16.7 Å². The molecule has 9 nitrogen and oxygen atoms in total. The van der Waals surface area contributed by atoms with Crippen molar-refractivity contribution < 1.29 is 28.4 Å². The van der Waals surface area contributed by atoms with Crippen LogP contribution in [0.2, 0.25) is 0 Å². The summed E-state index contributed by atoms with van der Waals surface area (Å²) in [6.07, 6.45) is 1.48. The van der Waals surface area contributed by atoms with Gasteiger partial charge in [0.2, 0.25) is 0 Å². The maximum Gasteiger partial charge on any atom is 0.310 e. The topological polar surface area (TPSA) is 121 Å². The maximum absolute atomic E-state index is 12.2. The summed E-state index contributed by atoms with van der Waals surface area (Å²) in [4.78, 5) is 34.5. The van der Waals surface area contributed by atoms with Gasteiger partial charge in [-0.25, -0.2) is 0 Å². The third kappa shape index (κ3) is 4.40. The van der Waals surface area contributed by atoms with Gasteiger partial charge in [-0.05, 0) is 31.0 Å². The number of aryl methyl sites for hydroxylation is 2. The highest BCUT2D eigenvalue weighted by atomic mass is 16.6. The highest BCUT2D eigenvalue weighted by Gasteiger charge is 2.17. The Morgan fingerprint density at radius 3 is 2.67 bits per heavy atom. The van der Waals surface area contributed by atoms with Gasteiger partial charge in [-0.3, -0.25) is 19.7 Å². The second-order valence-corrected chi connectivity index (χ2v) is 6.67. The molecule has 3 rings (SSSR count). The highest BCUT2D eigenvalue weighted by molar-refractivity contribution is 5.95. The number of rotatable bonds is 7. The lowest BCUT2D eigenvalue weighted by atomic mass is 10.0. The number of furan rings is 1. The number of non-ortho nitro benzene ring substituents is 1. The third-order valence-electron chi connectivity index (χ3n) is 4.71. The molecule has 0 aliphatic carbocycles. The van der Waals surface area contributed by atoms with Gasteiger partial charge in [-0.15, -0.1) is 0 Å². The van der Waals surface area contributed by atoms with Gasteiger partial charge in [-0.2, -0.15) is 0 Å². The molecule has 0 aliphatic heterocycles. The Morgan fingerprint density at radius 2 is 1.97 bits per heavy atom. The predicted octanol–water partition coefficient (Wildman–Crippen LogP) is 3.69. The molecule has 1 amide bonds. The average Bonchev–Trinajstić information content (AvgIpc) is 3.12. The Morgan fingerprint density at radius 1 is 1.20 bits per heavy atom. The van der Waals surface area contributed by atoms with Crippen LogP contribution in [0, 0.1) is 24.0 Å². The molecule has 1 N–H and O–H groups in total. The molecule has 0 atom stereocenters. The molecule has 0 radical (unpaired) electrons. The minimum absolute atomic E-state index is 0.0381. The fourth-order valence-electron chi connectivity index (χ4n) is 2.96. The SMILES string of the molecule is COc1cc([N+](=O)[O-])ccc1NC(=O)COC(=O)Cc1coc2c(C)c(C)ccc12. The number of esters is 1. The molecule has 30 heavy (non-hydrogen) atoms. The molecule has 9 heteroatoms. The summed E-state index contributed by atoms with van der Waals surface area (Å²) in [5.74, 6) is -1.06. The fourth-order valence-corrected chi connectivity index (χ4v) is 2.96. The van der Waals surface area contributed by atoms with Crippen LogP contribution in [0.4, 0.5) is 11.4 Å². The lowest BCUT2D eigenvalue weighted by Crippen LogP contribution is -2.21. The first-order valence-corrected chi connectivity index (χ1v) is 9.04. The van der Waals surface area contributed by atoms with E-state index in [1.165, 1.54) is 31.6 Å². The second kappa shape index (κ2) is 8.64. The van der Waals surface area contributed by atoms with Crippen molar-refractivity contribution in [3.05, 3.63) is 63.4 Å². The van der Waals surface area contributed by atoms with Crippen LogP contribution in [0.3, 0.4) is 0 Å². The first-order valence-electron chi connectivity index (χ1n) is 9.04. The minimum atomic E-state index is -0.598. The molecule has 0 saturated heterocycles. The zero-order chi connectivity index (χ0) is 21.8. The summed E-state index contributed by atoms with van der Waals surface area (Å²) in [5, 5.41) is 14.2. The Bertz CT molecular complexity index is 1130. The van der Waals surface area contributed by atoms with E-state index in [0.717, 1.165) is 22.1 Å². The third-order valence-corrected chi connectivity index (χ3v) is 4.71. The monoisotopic (exact) mass is 412 g/mol.